The summed E-state index contributed by atoms with van der Waals surface area (Å²) < 4.78 is 30.6. The van der Waals surface area contributed by atoms with Gasteiger partial charge in [-0.05, 0) is 64.5 Å². The van der Waals surface area contributed by atoms with Gasteiger partial charge in [0.05, 0.1) is 22.9 Å². The number of hydrogen-bond donors (Lipinski definition) is 2. The number of nitrogens with one attached hydrogen (secondary N) is 2. The summed E-state index contributed by atoms with van der Waals surface area (Å²) in [5.41, 5.74) is -0.225. The Morgan fingerprint density at radius 2 is 1.65 bits per heavy atom. The highest BCUT2D eigenvalue weighted by Gasteiger charge is 2.55. The zero-order chi connectivity index (χ0) is 29.9. The summed E-state index contributed by atoms with van der Waals surface area (Å²) in [5.74, 6) is -1.33. The molecule has 7 rings (SSSR count). The number of benzene rings is 1. The van der Waals surface area contributed by atoms with Crippen LogP contribution in [0.2, 0.25) is 0 Å². The number of nitrogens with zero attached hydrogens (tertiary/aromatic N) is 5. The first kappa shape index (κ1) is 28.4. The van der Waals surface area contributed by atoms with E-state index in [-0.39, 0.29) is 35.2 Å². The summed E-state index contributed by atoms with van der Waals surface area (Å²) in [6.07, 6.45) is 13.9. The highest BCUT2D eigenvalue weighted by molar-refractivity contribution is 6.02. The third-order valence-electron chi connectivity index (χ3n) is 10.7. The molecule has 2 atom stereocenters. The highest BCUT2D eigenvalue weighted by atomic mass is 19.1. The molecule has 2 amide bonds. The van der Waals surface area contributed by atoms with E-state index in [4.69, 9.17) is 4.98 Å². The third-order valence-corrected chi connectivity index (χ3v) is 10.7. The summed E-state index contributed by atoms with van der Waals surface area (Å²) in [6, 6.07) is 2.98. The molecule has 2 aromatic rings. The van der Waals surface area contributed by atoms with Crippen LogP contribution < -0.4 is 20.4 Å². The molecule has 2 bridgehead atoms. The van der Waals surface area contributed by atoms with Crippen molar-refractivity contribution in [2.75, 3.05) is 35.8 Å². The molecule has 9 nitrogen and oxygen atoms in total. The maximum atomic E-state index is 15.4. The van der Waals surface area contributed by atoms with Gasteiger partial charge in [0.25, 0.3) is 5.91 Å². The predicted octanol–water partition coefficient (Wildman–Crippen LogP) is 5.14. The van der Waals surface area contributed by atoms with Gasteiger partial charge in [0, 0.05) is 43.8 Å². The van der Waals surface area contributed by atoms with Crippen LogP contribution in [-0.2, 0) is 4.79 Å². The lowest BCUT2D eigenvalue weighted by Gasteiger charge is -2.47. The number of carbonyl (C=O) groups excluding carboxylic acids is 2. The molecule has 4 heterocycles. The van der Waals surface area contributed by atoms with Gasteiger partial charge in [0.1, 0.15) is 17.3 Å². The minimum absolute atomic E-state index is 0.0564. The van der Waals surface area contributed by atoms with E-state index in [9.17, 15) is 9.59 Å². The number of piperidine rings is 2. The van der Waals surface area contributed by atoms with Crippen molar-refractivity contribution in [1.82, 2.24) is 20.2 Å². The van der Waals surface area contributed by atoms with Gasteiger partial charge in [-0.2, -0.15) is 4.98 Å². The van der Waals surface area contributed by atoms with Gasteiger partial charge in [-0.25, -0.2) is 13.8 Å². The summed E-state index contributed by atoms with van der Waals surface area (Å²) in [5, 5.41) is 5.81. The molecule has 4 fully saturated rings. The van der Waals surface area contributed by atoms with Gasteiger partial charge in [-0.3, -0.25) is 9.59 Å². The number of amides is 2. The van der Waals surface area contributed by atoms with Crippen molar-refractivity contribution in [2.45, 2.75) is 101 Å². The monoisotopic (exact) mass is 593 g/mol. The first-order chi connectivity index (χ1) is 20.7. The van der Waals surface area contributed by atoms with E-state index in [2.05, 4.69) is 32.5 Å². The maximum Gasteiger partial charge on any atom is 0.254 e. The van der Waals surface area contributed by atoms with Crippen LogP contribution in [-0.4, -0.2) is 71.5 Å². The minimum atomic E-state index is -0.811. The normalized spacial score (nSPS) is 27.1. The first-order valence-electron chi connectivity index (χ1n) is 15.9. The summed E-state index contributed by atoms with van der Waals surface area (Å²) in [6.45, 7) is 0.607. The molecule has 2 saturated heterocycles. The minimum Gasteiger partial charge on any atom is -0.351 e. The van der Waals surface area contributed by atoms with Gasteiger partial charge < -0.3 is 25.3 Å². The highest BCUT2D eigenvalue weighted by Crippen LogP contribution is 2.52. The van der Waals surface area contributed by atoms with E-state index in [1.807, 2.05) is 0 Å². The Hall–Kier alpha value is -3.34. The van der Waals surface area contributed by atoms with E-state index in [0.717, 1.165) is 76.3 Å². The molecule has 2 N–H and O–H groups in total. The van der Waals surface area contributed by atoms with E-state index in [1.165, 1.54) is 12.8 Å². The second kappa shape index (κ2) is 11.0. The van der Waals surface area contributed by atoms with Gasteiger partial charge in [0.2, 0.25) is 11.9 Å². The second-order valence-electron chi connectivity index (χ2n) is 13.4. The molecule has 1 aromatic heterocycles. The average Bonchev–Trinajstić information content (AvgIpc) is 3.79. The molecule has 0 radical (unpaired) electrons. The number of rotatable bonds is 5. The van der Waals surface area contributed by atoms with Gasteiger partial charge in [-0.1, -0.05) is 25.7 Å². The van der Waals surface area contributed by atoms with Crippen LogP contribution in [0.3, 0.4) is 0 Å². The Morgan fingerprint density at radius 3 is 2.35 bits per heavy atom. The molecular weight excluding hydrogens is 552 g/mol. The molecule has 1 spiro atoms. The fourth-order valence-electron chi connectivity index (χ4n) is 7.96. The van der Waals surface area contributed by atoms with Crippen molar-refractivity contribution < 1.29 is 18.4 Å². The molecule has 2 aliphatic carbocycles. The zero-order valence-corrected chi connectivity index (χ0v) is 25.0. The fraction of sp³-hybridized carbons (Fsp3) is 0.625. The topological polar surface area (TPSA) is 93.7 Å². The maximum absolute atomic E-state index is 15.4. The molecule has 1 aromatic carbocycles. The molecule has 2 saturated carbocycles. The number of hydrogen-bond acceptors (Lipinski definition) is 7. The molecule has 3 aliphatic heterocycles. The van der Waals surface area contributed by atoms with Crippen molar-refractivity contribution in [2.24, 2.45) is 5.41 Å². The van der Waals surface area contributed by atoms with E-state index in [1.54, 1.807) is 18.1 Å². The molecule has 5 aliphatic rings. The van der Waals surface area contributed by atoms with Crippen LogP contribution in [0.1, 0.15) is 87.4 Å². The number of halogens is 2. The number of aromatic nitrogens is 2. The van der Waals surface area contributed by atoms with Crippen molar-refractivity contribution >= 4 is 35.0 Å². The predicted molar refractivity (Wildman–Crippen MR) is 161 cm³/mol. The van der Waals surface area contributed by atoms with E-state index >= 15 is 8.78 Å². The Labute approximate surface area is 251 Å². The summed E-state index contributed by atoms with van der Waals surface area (Å²) >= 11 is 0. The van der Waals surface area contributed by atoms with Crippen molar-refractivity contribution in [1.29, 1.82) is 0 Å². The summed E-state index contributed by atoms with van der Waals surface area (Å²) in [7, 11) is 3.90. The Kier molecular flexibility index (Phi) is 7.26. The standard InChI is InChI=1S/C32H41F2N7O2/c1-39-21-9-6-10-22(39)14-19(13-21)36-29(42)23-15-25(34)26(16-24(23)33)37-31-35-17-27-28(38-31)41(20-7-4-3-5-8-20)18-32(11-12-32)30(43)40(27)2/h15-17,19-22H,3-14,18H2,1-2H3,(H,36,42)(H,35,37,38). The molecule has 2 unspecified atom stereocenters. The quantitative estimate of drug-likeness (QED) is 0.496. The van der Waals surface area contributed by atoms with E-state index < -0.39 is 23.0 Å². The molecule has 230 valence electrons. The third kappa shape index (κ3) is 5.23. The number of fused-ring (bicyclic) bond motifs is 3. The lowest BCUT2D eigenvalue weighted by atomic mass is 9.82. The molecule has 43 heavy (non-hydrogen) atoms. The number of carbonyl (C=O) groups is 2. The second-order valence-corrected chi connectivity index (χ2v) is 13.4. The fourth-order valence-corrected chi connectivity index (χ4v) is 7.96. The van der Waals surface area contributed by atoms with Gasteiger partial charge in [0.15, 0.2) is 5.82 Å². The lowest BCUT2D eigenvalue weighted by molar-refractivity contribution is -0.123. The zero-order valence-electron chi connectivity index (χ0n) is 25.0. The van der Waals surface area contributed by atoms with Gasteiger partial charge >= 0.3 is 0 Å². The SMILES string of the molecule is CN1C(=O)C2(CC2)CN(C2CCCCC2)c2nc(Nc3cc(F)c(C(=O)NC4CC5CCCC(C4)N5C)cc3F)ncc21. The Bertz CT molecular complexity index is 1410. The summed E-state index contributed by atoms with van der Waals surface area (Å²) in [4.78, 5) is 41.9. The molecular formula is C32H41F2N7O2. The van der Waals surface area contributed by atoms with Crippen molar-refractivity contribution in [3.63, 3.8) is 0 Å². The van der Waals surface area contributed by atoms with Crippen LogP contribution in [0.5, 0.6) is 0 Å². The van der Waals surface area contributed by atoms with E-state index in [0.29, 0.717) is 30.1 Å². The smallest absolute Gasteiger partial charge is 0.254 e. The Balaban J connectivity index is 1.12. The first-order valence-corrected chi connectivity index (χ1v) is 15.9. The van der Waals surface area contributed by atoms with Crippen LogP contribution >= 0.6 is 0 Å². The number of anilines is 4. The van der Waals surface area contributed by atoms with Crippen LogP contribution in [0.4, 0.5) is 31.9 Å². The van der Waals surface area contributed by atoms with Crippen LogP contribution in [0.15, 0.2) is 18.3 Å². The Morgan fingerprint density at radius 1 is 0.953 bits per heavy atom. The van der Waals surface area contributed by atoms with Crippen LogP contribution in [0.25, 0.3) is 0 Å². The van der Waals surface area contributed by atoms with Crippen molar-refractivity contribution in [3.05, 3.63) is 35.5 Å². The van der Waals surface area contributed by atoms with Gasteiger partial charge in [-0.15, -0.1) is 0 Å². The van der Waals surface area contributed by atoms with Crippen molar-refractivity contribution in [3.8, 4) is 0 Å². The average molecular weight is 594 g/mol. The lowest BCUT2D eigenvalue weighted by Crippen LogP contribution is -2.55. The van der Waals surface area contributed by atoms with Crippen LogP contribution in [0, 0.1) is 17.0 Å². The molecule has 11 heteroatoms. The largest absolute Gasteiger partial charge is 0.351 e.